The van der Waals surface area contributed by atoms with Crippen LogP contribution >= 0.6 is 0 Å². The van der Waals surface area contributed by atoms with Crippen molar-refractivity contribution in [3.63, 3.8) is 0 Å². The molecule has 0 N–H and O–H groups in total. The van der Waals surface area contributed by atoms with Crippen molar-refractivity contribution in [2.24, 2.45) is 0 Å². The molecule has 0 radical (unpaired) electrons. The van der Waals surface area contributed by atoms with E-state index in [1.165, 1.54) is 6.20 Å². The van der Waals surface area contributed by atoms with Crippen LogP contribution < -0.4 is 4.48 Å². The Labute approximate surface area is 149 Å². The summed E-state index contributed by atoms with van der Waals surface area (Å²) >= 11 is 0. The molecule has 0 fully saturated rings. The summed E-state index contributed by atoms with van der Waals surface area (Å²) in [5.74, 6) is 0.299. The van der Waals surface area contributed by atoms with E-state index < -0.39 is 6.97 Å². The average molecular weight is 345 g/mol. The Morgan fingerprint density at radius 1 is 0.769 bits per heavy atom. The zero-order chi connectivity index (χ0) is 17.7. The summed E-state index contributed by atoms with van der Waals surface area (Å²) < 4.78 is 32.8. The van der Waals surface area contributed by atoms with E-state index in [4.69, 9.17) is 0 Å². The van der Waals surface area contributed by atoms with Crippen molar-refractivity contribution in [3.8, 4) is 34.0 Å². The van der Waals surface area contributed by atoms with Gasteiger partial charge >= 0.3 is 6.97 Å². The first-order valence-corrected chi connectivity index (χ1v) is 8.44. The molecule has 3 heterocycles. The standard InChI is InChI=1S/C20H14BF2N3/c22-21(23)25-14-8-7-13-17(25)20-24-18(15-9-3-1-4-10-15)19(26(20)21)16-11-5-2-6-12-16/h1-14H. The number of nitrogens with zero attached hydrogens (tertiary/aromatic N) is 3. The van der Waals surface area contributed by atoms with Crippen LogP contribution in [-0.4, -0.2) is 16.4 Å². The molecule has 0 bridgehead atoms. The topological polar surface area (TPSA) is 21.7 Å². The van der Waals surface area contributed by atoms with Gasteiger partial charge in [0.15, 0.2) is 11.5 Å². The molecule has 26 heavy (non-hydrogen) atoms. The third-order valence-electron chi connectivity index (χ3n) is 4.77. The van der Waals surface area contributed by atoms with Crippen molar-refractivity contribution in [2.45, 2.75) is 0 Å². The van der Waals surface area contributed by atoms with Gasteiger partial charge in [-0.3, -0.25) is 0 Å². The maximum absolute atomic E-state index is 15.4. The molecule has 5 rings (SSSR count). The molecule has 0 spiro atoms. The van der Waals surface area contributed by atoms with Gasteiger partial charge in [-0.2, -0.15) is 0 Å². The number of imidazole rings is 1. The molecule has 0 saturated heterocycles. The van der Waals surface area contributed by atoms with E-state index in [1.54, 1.807) is 18.2 Å². The zero-order valence-corrected chi connectivity index (χ0v) is 13.8. The Hall–Kier alpha value is -3.28. The molecule has 126 valence electrons. The zero-order valence-electron chi connectivity index (χ0n) is 13.8. The molecule has 0 unspecified atom stereocenters. The van der Waals surface area contributed by atoms with E-state index in [0.717, 1.165) is 20.1 Å². The molecule has 0 amide bonds. The first-order chi connectivity index (χ1) is 12.7. The van der Waals surface area contributed by atoms with Gasteiger partial charge in [0.25, 0.3) is 0 Å². The first-order valence-electron chi connectivity index (χ1n) is 8.44. The van der Waals surface area contributed by atoms with Crippen molar-refractivity contribution in [1.82, 2.24) is 9.46 Å². The minimum atomic E-state index is -4.00. The Morgan fingerprint density at radius 2 is 1.38 bits per heavy atom. The third-order valence-corrected chi connectivity index (χ3v) is 4.77. The summed E-state index contributed by atoms with van der Waals surface area (Å²) in [6.45, 7) is -4.00. The number of benzene rings is 2. The molecular weight excluding hydrogens is 331 g/mol. The van der Waals surface area contributed by atoms with E-state index in [2.05, 4.69) is 4.98 Å². The molecule has 2 aromatic carbocycles. The summed E-state index contributed by atoms with van der Waals surface area (Å²) in [6.07, 6.45) is 1.42. The smallest absolute Gasteiger partial charge is 0.389 e. The number of fused-ring (bicyclic) bond motifs is 3. The lowest BCUT2D eigenvalue weighted by atomic mass is 9.95. The first kappa shape index (κ1) is 15.0. The van der Waals surface area contributed by atoms with E-state index in [9.17, 15) is 0 Å². The normalized spacial score (nSPS) is 14.1. The second-order valence-electron chi connectivity index (χ2n) is 6.32. The van der Waals surface area contributed by atoms with Crippen LogP contribution in [-0.2, 0) is 0 Å². The quantitative estimate of drug-likeness (QED) is 0.498. The van der Waals surface area contributed by atoms with Crippen molar-refractivity contribution in [3.05, 3.63) is 85.1 Å². The molecule has 1 aliphatic heterocycles. The summed E-state index contributed by atoms with van der Waals surface area (Å²) in [7, 11) is 0. The van der Waals surface area contributed by atoms with Gasteiger partial charge in [-0.05, 0) is 17.7 Å². The highest BCUT2D eigenvalue weighted by molar-refractivity contribution is 6.57. The van der Waals surface area contributed by atoms with E-state index in [-0.39, 0.29) is 0 Å². The van der Waals surface area contributed by atoms with Gasteiger partial charge in [0, 0.05) is 17.3 Å². The Balaban J connectivity index is 1.88. The maximum atomic E-state index is 15.4. The van der Waals surface area contributed by atoms with Crippen LogP contribution in [0.5, 0.6) is 0 Å². The predicted octanol–water partition coefficient (Wildman–Crippen LogP) is 4.26. The maximum Gasteiger partial charge on any atom is 0.738 e. The lowest BCUT2D eigenvalue weighted by molar-refractivity contribution is -0.551. The van der Waals surface area contributed by atoms with Gasteiger partial charge < -0.3 is 17.6 Å². The van der Waals surface area contributed by atoms with Crippen molar-refractivity contribution in [2.75, 3.05) is 0 Å². The second-order valence-corrected chi connectivity index (χ2v) is 6.32. The molecule has 4 aromatic rings. The molecule has 0 aliphatic carbocycles. The number of aromatic nitrogens is 3. The number of pyridine rings is 1. The van der Waals surface area contributed by atoms with Gasteiger partial charge in [0.1, 0.15) is 6.20 Å². The van der Waals surface area contributed by atoms with E-state index in [1.807, 2.05) is 60.7 Å². The van der Waals surface area contributed by atoms with E-state index in [0.29, 0.717) is 22.9 Å². The van der Waals surface area contributed by atoms with Crippen molar-refractivity contribution < 1.29 is 13.1 Å². The molecule has 0 saturated carbocycles. The fraction of sp³-hybridized carbons (Fsp3) is 0. The minimum absolute atomic E-state index is 0.299. The van der Waals surface area contributed by atoms with Gasteiger partial charge in [0.05, 0.1) is 5.69 Å². The molecule has 3 nitrogen and oxygen atoms in total. The molecular formula is C20H14BF2N3. The highest BCUT2D eigenvalue weighted by atomic mass is 19.2. The van der Waals surface area contributed by atoms with Crippen LogP contribution in [0.4, 0.5) is 8.63 Å². The highest BCUT2D eigenvalue weighted by Gasteiger charge is 2.54. The van der Waals surface area contributed by atoms with Crippen LogP contribution in [0.2, 0.25) is 0 Å². The fourth-order valence-electron chi connectivity index (χ4n) is 3.63. The number of rotatable bonds is 2. The predicted molar refractivity (Wildman–Crippen MR) is 97.5 cm³/mol. The summed E-state index contributed by atoms with van der Waals surface area (Å²) in [5, 5.41) is 0. The lowest BCUT2D eigenvalue weighted by Crippen LogP contribution is -2.60. The number of halogens is 2. The van der Waals surface area contributed by atoms with Crippen molar-refractivity contribution in [1.29, 1.82) is 0 Å². The van der Waals surface area contributed by atoms with Gasteiger partial charge in [0.2, 0.25) is 0 Å². The summed E-state index contributed by atoms with van der Waals surface area (Å²) in [6, 6.07) is 23.8. The number of hydrogen-bond acceptors (Lipinski definition) is 1. The Kier molecular flexibility index (Phi) is 3.10. The fourth-order valence-corrected chi connectivity index (χ4v) is 3.63. The van der Waals surface area contributed by atoms with Gasteiger partial charge in [-0.25, -0.2) is 4.98 Å². The third kappa shape index (κ3) is 1.99. The second kappa shape index (κ2) is 5.36. The molecule has 6 heteroatoms. The Bertz CT molecular complexity index is 1110. The monoisotopic (exact) mass is 345 g/mol. The summed E-state index contributed by atoms with van der Waals surface area (Å²) in [5.41, 5.74) is 2.99. The van der Waals surface area contributed by atoms with Gasteiger partial charge in [-0.1, -0.05) is 60.7 Å². The Morgan fingerprint density at radius 3 is 2.08 bits per heavy atom. The van der Waals surface area contributed by atoms with Crippen LogP contribution in [0.1, 0.15) is 0 Å². The van der Waals surface area contributed by atoms with Crippen LogP contribution in [0.25, 0.3) is 34.0 Å². The minimum Gasteiger partial charge on any atom is -0.389 e. The molecule has 0 atom stereocenters. The molecule has 1 aliphatic rings. The SMILES string of the molecule is F[B-]1(F)n2c(nc(-c3ccccc3)c2-c2ccccc2)-c2cccc[n+]21. The van der Waals surface area contributed by atoms with Crippen LogP contribution in [0.3, 0.4) is 0 Å². The van der Waals surface area contributed by atoms with Crippen LogP contribution in [0, 0.1) is 0 Å². The van der Waals surface area contributed by atoms with Crippen molar-refractivity contribution >= 4 is 6.97 Å². The van der Waals surface area contributed by atoms with Gasteiger partial charge in [-0.15, -0.1) is 0 Å². The average Bonchev–Trinajstić information content (AvgIpc) is 3.19. The molecule has 2 aromatic heterocycles. The highest BCUT2D eigenvalue weighted by Crippen LogP contribution is 2.40. The number of hydrogen-bond donors (Lipinski definition) is 0. The van der Waals surface area contributed by atoms with Crippen LogP contribution in [0.15, 0.2) is 85.1 Å². The van der Waals surface area contributed by atoms with E-state index >= 15 is 8.63 Å². The lowest BCUT2D eigenvalue weighted by Gasteiger charge is -2.18. The largest absolute Gasteiger partial charge is 0.738 e. The summed E-state index contributed by atoms with van der Waals surface area (Å²) in [4.78, 5) is 4.65.